The van der Waals surface area contributed by atoms with Crippen molar-refractivity contribution in [3.05, 3.63) is 27.1 Å². The summed E-state index contributed by atoms with van der Waals surface area (Å²) in [7, 11) is 1.62. The predicted molar refractivity (Wildman–Crippen MR) is 63.8 cm³/mol. The molecule has 72 valence electrons. The number of rotatable bonds is 1. The second-order valence-corrected chi connectivity index (χ2v) is 4.04. The maximum Gasteiger partial charge on any atom is 0.161 e. The number of benzene rings is 1. The van der Waals surface area contributed by atoms with Gasteiger partial charge in [-0.3, -0.25) is 0 Å². The minimum absolute atomic E-state index is 0.434. The molecule has 1 aromatic heterocycles. The number of hydrogen-bond acceptors (Lipinski definition) is 3. The molecule has 0 N–H and O–H groups in total. The van der Waals surface area contributed by atoms with Gasteiger partial charge < -0.3 is 4.74 Å². The lowest BCUT2D eigenvalue weighted by Crippen LogP contribution is -1.90. The van der Waals surface area contributed by atoms with E-state index in [4.69, 9.17) is 16.3 Å². The van der Waals surface area contributed by atoms with E-state index in [2.05, 4.69) is 9.97 Å². The fraction of sp³-hybridized carbons (Fsp3) is 0.111. The number of ether oxygens (including phenoxy) is 1. The standard InChI is InChI=1S/C9H6ClIN2O/c1-14-5-2-3-6-7(4-5)13-9(11)8(10)12-6/h2-4H,1H3. The first kappa shape index (κ1) is 9.92. The maximum atomic E-state index is 5.85. The van der Waals surface area contributed by atoms with Crippen LogP contribution in [0.4, 0.5) is 0 Å². The molecule has 0 aliphatic rings. The van der Waals surface area contributed by atoms with Crippen LogP contribution in [-0.2, 0) is 0 Å². The van der Waals surface area contributed by atoms with Gasteiger partial charge in [0, 0.05) is 6.07 Å². The van der Waals surface area contributed by atoms with E-state index in [9.17, 15) is 0 Å². The summed E-state index contributed by atoms with van der Waals surface area (Å²) in [5, 5.41) is 0.434. The SMILES string of the molecule is COc1ccc2nc(Cl)c(I)nc2c1. The van der Waals surface area contributed by atoms with E-state index >= 15 is 0 Å². The highest BCUT2D eigenvalue weighted by Crippen LogP contribution is 2.21. The van der Waals surface area contributed by atoms with E-state index in [0.29, 0.717) is 8.85 Å². The molecule has 0 unspecified atom stereocenters. The van der Waals surface area contributed by atoms with Crippen molar-refractivity contribution in [2.75, 3.05) is 7.11 Å². The van der Waals surface area contributed by atoms with Gasteiger partial charge >= 0.3 is 0 Å². The zero-order valence-electron chi connectivity index (χ0n) is 7.29. The van der Waals surface area contributed by atoms with Crippen molar-refractivity contribution >= 4 is 45.2 Å². The summed E-state index contributed by atoms with van der Waals surface area (Å²) in [4.78, 5) is 8.49. The van der Waals surface area contributed by atoms with Gasteiger partial charge in [0.05, 0.1) is 18.1 Å². The minimum Gasteiger partial charge on any atom is -0.497 e. The summed E-state index contributed by atoms with van der Waals surface area (Å²) in [6.45, 7) is 0. The zero-order chi connectivity index (χ0) is 10.1. The van der Waals surface area contributed by atoms with E-state index in [1.54, 1.807) is 7.11 Å². The molecule has 0 atom stereocenters. The number of halogens is 2. The van der Waals surface area contributed by atoms with Gasteiger partial charge in [0.25, 0.3) is 0 Å². The number of hydrogen-bond donors (Lipinski definition) is 0. The number of nitrogens with zero attached hydrogens (tertiary/aromatic N) is 2. The van der Waals surface area contributed by atoms with Crippen molar-refractivity contribution in [1.29, 1.82) is 0 Å². The third-order valence-corrected chi connectivity index (χ3v) is 3.12. The first-order valence-electron chi connectivity index (χ1n) is 3.87. The van der Waals surface area contributed by atoms with Gasteiger partial charge in [-0.05, 0) is 34.7 Å². The van der Waals surface area contributed by atoms with Gasteiger partial charge in [-0.15, -0.1) is 0 Å². The zero-order valence-corrected chi connectivity index (χ0v) is 10.2. The van der Waals surface area contributed by atoms with Crippen LogP contribution in [0.25, 0.3) is 11.0 Å². The van der Waals surface area contributed by atoms with Crippen LogP contribution in [0.1, 0.15) is 0 Å². The van der Waals surface area contributed by atoms with Crippen molar-refractivity contribution in [3.63, 3.8) is 0 Å². The first-order valence-corrected chi connectivity index (χ1v) is 5.33. The van der Waals surface area contributed by atoms with E-state index < -0.39 is 0 Å². The molecule has 0 spiro atoms. The van der Waals surface area contributed by atoms with Crippen LogP contribution < -0.4 is 4.74 Å². The average molecular weight is 321 g/mol. The molecule has 0 aliphatic carbocycles. The third kappa shape index (κ3) is 1.76. The normalized spacial score (nSPS) is 10.5. The lowest BCUT2D eigenvalue weighted by Gasteiger charge is -2.02. The monoisotopic (exact) mass is 320 g/mol. The first-order chi connectivity index (χ1) is 6.70. The lowest BCUT2D eigenvalue weighted by atomic mass is 10.3. The number of aromatic nitrogens is 2. The van der Waals surface area contributed by atoms with Gasteiger partial charge in [0.2, 0.25) is 0 Å². The van der Waals surface area contributed by atoms with Crippen LogP contribution in [-0.4, -0.2) is 17.1 Å². The van der Waals surface area contributed by atoms with Crippen LogP contribution in [0.15, 0.2) is 18.2 Å². The molecule has 0 aliphatic heterocycles. The Morgan fingerprint density at radius 2 is 2.07 bits per heavy atom. The largest absolute Gasteiger partial charge is 0.497 e. The van der Waals surface area contributed by atoms with E-state index in [1.807, 2.05) is 40.8 Å². The minimum atomic E-state index is 0.434. The summed E-state index contributed by atoms with van der Waals surface area (Å²) in [5.41, 5.74) is 1.56. The molecule has 5 heteroatoms. The molecule has 0 saturated heterocycles. The van der Waals surface area contributed by atoms with Crippen molar-refractivity contribution in [3.8, 4) is 5.75 Å². The molecule has 1 heterocycles. The molecule has 0 amide bonds. The van der Waals surface area contributed by atoms with Crippen LogP contribution in [0, 0.1) is 3.70 Å². The Balaban J connectivity index is 2.70. The maximum absolute atomic E-state index is 5.85. The molecular formula is C9H6ClIN2O. The summed E-state index contributed by atoms with van der Waals surface area (Å²) < 4.78 is 5.79. The highest BCUT2D eigenvalue weighted by Gasteiger charge is 2.04. The topological polar surface area (TPSA) is 35.0 Å². The van der Waals surface area contributed by atoms with Gasteiger partial charge in [-0.1, -0.05) is 11.6 Å². The average Bonchev–Trinajstić information content (AvgIpc) is 2.19. The molecule has 1 aromatic carbocycles. The van der Waals surface area contributed by atoms with Gasteiger partial charge in [-0.25, -0.2) is 9.97 Å². The molecule has 0 saturated carbocycles. The van der Waals surface area contributed by atoms with Crippen LogP contribution in [0.2, 0.25) is 5.15 Å². The van der Waals surface area contributed by atoms with Crippen LogP contribution in [0.5, 0.6) is 5.75 Å². The molecule has 0 radical (unpaired) electrons. The molecule has 2 aromatic rings. The second-order valence-electron chi connectivity index (χ2n) is 2.66. The van der Waals surface area contributed by atoms with Crippen LogP contribution in [0.3, 0.4) is 0 Å². The molecule has 0 bridgehead atoms. The molecule has 14 heavy (non-hydrogen) atoms. The Kier molecular flexibility index (Phi) is 2.73. The van der Waals surface area contributed by atoms with Crippen molar-refractivity contribution in [2.24, 2.45) is 0 Å². The van der Waals surface area contributed by atoms with Gasteiger partial charge in [0.1, 0.15) is 9.45 Å². The van der Waals surface area contributed by atoms with E-state index in [1.165, 1.54) is 0 Å². The number of methoxy groups -OCH3 is 1. The Labute approximate surface area is 99.6 Å². The fourth-order valence-corrected chi connectivity index (χ4v) is 1.63. The van der Waals surface area contributed by atoms with Crippen LogP contribution >= 0.6 is 34.2 Å². The Morgan fingerprint density at radius 3 is 2.79 bits per heavy atom. The van der Waals surface area contributed by atoms with Crippen molar-refractivity contribution < 1.29 is 4.74 Å². The highest BCUT2D eigenvalue weighted by molar-refractivity contribution is 14.1. The Hall–Kier alpha value is -0.620. The Bertz CT molecular complexity index is 489. The van der Waals surface area contributed by atoms with E-state index in [0.717, 1.165) is 16.8 Å². The third-order valence-electron chi connectivity index (χ3n) is 1.79. The smallest absolute Gasteiger partial charge is 0.161 e. The summed E-state index contributed by atoms with van der Waals surface area (Å²) in [6.07, 6.45) is 0. The van der Waals surface area contributed by atoms with Gasteiger partial charge in [-0.2, -0.15) is 0 Å². The molecular weight excluding hydrogens is 314 g/mol. The molecule has 3 nitrogen and oxygen atoms in total. The summed E-state index contributed by atoms with van der Waals surface area (Å²) in [5.74, 6) is 0.768. The second kappa shape index (κ2) is 3.86. The Morgan fingerprint density at radius 1 is 1.29 bits per heavy atom. The summed E-state index contributed by atoms with van der Waals surface area (Å²) in [6, 6.07) is 5.50. The van der Waals surface area contributed by atoms with E-state index in [-0.39, 0.29) is 0 Å². The molecule has 2 rings (SSSR count). The fourth-order valence-electron chi connectivity index (χ4n) is 1.12. The van der Waals surface area contributed by atoms with Crippen molar-refractivity contribution in [2.45, 2.75) is 0 Å². The number of fused-ring (bicyclic) bond motifs is 1. The van der Waals surface area contributed by atoms with Gasteiger partial charge in [0.15, 0.2) is 5.15 Å². The highest BCUT2D eigenvalue weighted by atomic mass is 127. The summed E-state index contributed by atoms with van der Waals surface area (Å²) >= 11 is 7.90. The van der Waals surface area contributed by atoms with Crippen molar-refractivity contribution in [1.82, 2.24) is 9.97 Å². The molecule has 0 fully saturated rings. The predicted octanol–water partition coefficient (Wildman–Crippen LogP) is 2.90. The lowest BCUT2D eigenvalue weighted by molar-refractivity contribution is 0.415. The quantitative estimate of drug-likeness (QED) is 0.758.